The molecule has 162 valence electrons. The summed E-state index contributed by atoms with van der Waals surface area (Å²) < 4.78 is 5.01. The average Bonchev–Trinajstić information content (AvgIpc) is 2.65. The molecule has 0 saturated heterocycles. The van der Waals surface area contributed by atoms with Crippen LogP contribution in [0.1, 0.15) is 68.6 Å². The highest BCUT2D eigenvalue weighted by molar-refractivity contribution is 5.94. The van der Waals surface area contributed by atoms with Gasteiger partial charge in [-0.1, -0.05) is 6.07 Å². The van der Waals surface area contributed by atoms with Crippen molar-refractivity contribution in [2.75, 3.05) is 13.1 Å². The molecule has 0 aliphatic heterocycles. The summed E-state index contributed by atoms with van der Waals surface area (Å²) in [4.78, 5) is 35.8. The van der Waals surface area contributed by atoms with Gasteiger partial charge in [-0.25, -0.2) is 0 Å². The maximum atomic E-state index is 12.5. The number of ether oxygens (including phenoxy) is 1. The monoisotopic (exact) mass is 412 g/mol. The number of rotatable bonds is 8. The SMILES string of the molecule is CC(=O)Oc1cccc(C(=O)NCCCNC(=O)CC23CC4CC(CC(C4)C2)C3)c1. The van der Waals surface area contributed by atoms with Gasteiger partial charge < -0.3 is 15.4 Å². The lowest BCUT2D eigenvalue weighted by molar-refractivity contribution is -0.132. The molecule has 1 aromatic rings. The molecule has 5 rings (SSSR count). The van der Waals surface area contributed by atoms with Crippen LogP contribution in [-0.2, 0) is 9.59 Å². The minimum Gasteiger partial charge on any atom is -0.427 e. The topological polar surface area (TPSA) is 84.5 Å². The highest BCUT2D eigenvalue weighted by Gasteiger charge is 2.51. The molecule has 0 radical (unpaired) electrons. The van der Waals surface area contributed by atoms with Crippen molar-refractivity contribution in [3.05, 3.63) is 29.8 Å². The molecule has 6 heteroatoms. The smallest absolute Gasteiger partial charge is 0.308 e. The number of hydrogen-bond donors (Lipinski definition) is 2. The predicted octanol–water partition coefficient (Wildman–Crippen LogP) is 3.45. The molecule has 30 heavy (non-hydrogen) atoms. The first-order valence-corrected chi connectivity index (χ1v) is 11.2. The van der Waals surface area contributed by atoms with Crippen LogP contribution in [0.25, 0.3) is 0 Å². The van der Waals surface area contributed by atoms with Crippen LogP contribution in [0.5, 0.6) is 5.75 Å². The summed E-state index contributed by atoms with van der Waals surface area (Å²) in [7, 11) is 0. The largest absolute Gasteiger partial charge is 0.427 e. The molecule has 6 nitrogen and oxygen atoms in total. The van der Waals surface area contributed by atoms with Gasteiger partial charge in [-0.2, -0.15) is 0 Å². The maximum Gasteiger partial charge on any atom is 0.308 e. The van der Waals surface area contributed by atoms with Crippen molar-refractivity contribution in [1.29, 1.82) is 0 Å². The van der Waals surface area contributed by atoms with Crippen molar-refractivity contribution in [2.24, 2.45) is 23.2 Å². The zero-order valence-electron chi connectivity index (χ0n) is 17.7. The van der Waals surface area contributed by atoms with Crippen LogP contribution < -0.4 is 15.4 Å². The van der Waals surface area contributed by atoms with E-state index in [1.54, 1.807) is 24.3 Å². The predicted molar refractivity (Wildman–Crippen MR) is 113 cm³/mol. The molecule has 2 N–H and O–H groups in total. The maximum absolute atomic E-state index is 12.5. The zero-order valence-corrected chi connectivity index (χ0v) is 17.7. The average molecular weight is 413 g/mol. The summed E-state index contributed by atoms with van der Waals surface area (Å²) >= 11 is 0. The van der Waals surface area contributed by atoms with Gasteiger partial charge in [-0.3, -0.25) is 14.4 Å². The van der Waals surface area contributed by atoms with Gasteiger partial charge >= 0.3 is 5.97 Å². The van der Waals surface area contributed by atoms with E-state index in [-0.39, 0.29) is 17.2 Å². The molecule has 4 fully saturated rings. The van der Waals surface area contributed by atoms with Crippen LogP contribution >= 0.6 is 0 Å². The Morgan fingerprint density at radius 2 is 1.63 bits per heavy atom. The van der Waals surface area contributed by atoms with Crippen molar-refractivity contribution in [3.8, 4) is 5.75 Å². The molecular weight excluding hydrogens is 380 g/mol. The highest BCUT2D eigenvalue weighted by Crippen LogP contribution is 2.61. The van der Waals surface area contributed by atoms with E-state index in [2.05, 4.69) is 10.6 Å². The summed E-state index contributed by atoms with van der Waals surface area (Å²) in [5.74, 6) is 2.46. The Kier molecular flexibility index (Phi) is 6.11. The van der Waals surface area contributed by atoms with Gasteiger partial charge in [0.1, 0.15) is 5.75 Å². The molecule has 4 saturated carbocycles. The lowest BCUT2D eigenvalue weighted by Crippen LogP contribution is -2.48. The Hall–Kier alpha value is -2.37. The number of carbonyl (C=O) groups is 3. The third-order valence-electron chi connectivity index (χ3n) is 7.02. The molecule has 0 unspecified atom stereocenters. The zero-order chi connectivity index (χ0) is 21.1. The Bertz CT molecular complexity index is 784. The van der Waals surface area contributed by atoms with Crippen molar-refractivity contribution >= 4 is 17.8 Å². The van der Waals surface area contributed by atoms with E-state index in [9.17, 15) is 14.4 Å². The minimum absolute atomic E-state index is 0.164. The first kappa shape index (κ1) is 20.9. The first-order chi connectivity index (χ1) is 14.4. The summed E-state index contributed by atoms with van der Waals surface area (Å²) in [6.07, 6.45) is 9.27. The Morgan fingerprint density at radius 1 is 1.00 bits per heavy atom. The summed E-state index contributed by atoms with van der Waals surface area (Å²) in [6.45, 7) is 2.37. The number of benzene rings is 1. The van der Waals surface area contributed by atoms with Crippen molar-refractivity contribution in [3.63, 3.8) is 0 Å². The van der Waals surface area contributed by atoms with E-state index in [0.717, 1.165) is 17.8 Å². The van der Waals surface area contributed by atoms with Crippen molar-refractivity contribution in [2.45, 2.75) is 58.3 Å². The standard InChI is InChI=1S/C24H32N2O4/c1-16(27)30-21-5-2-4-20(11-21)23(29)26-7-3-6-25-22(28)15-24-12-17-8-18(13-24)10-19(9-17)14-24/h2,4-5,11,17-19H,3,6-10,12-15H2,1H3,(H,25,28)(H,26,29). The molecule has 4 aliphatic carbocycles. The second-order valence-electron chi connectivity index (χ2n) is 9.68. The summed E-state index contributed by atoms with van der Waals surface area (Å²) in [6, 6.07) is 6.54. The first-order valence-electron chi connectivity index (χ1n) is 11.2. The van der Waals surface area contributed by atoms with E-state index in [1.165, 1.54) is 45.4 Å². The molecule has 2 amide bonds. The molecule has 4 aliphatic rings. The van der Waals surface area contributed by atoms with E-state index >= 15 is 0 Å². The number of hydrogen-bond acceptors (Lipinski definition) is 4. The number of nitrogens with one attached hydrogen (secondary N) is 2. The Labute approximate surface area is 178 Å². The van der Waals surface area contributed by atoms with Gasteiger partial charge in [0.2, 0.25) is 5.91 Å². The summed E-state index contributed by atoms with van der Waals surface area (Å²) in [5, 5.41) is 5.90. The summed E-state index contributed by atoms with van der Waals surface area (Å²) in [5.41, 5.74) is 0.708. The third-order valence-corrected chi connectivity index (χ3v) is 7.02. The van der Waals surface area contributed by atoms with Crippen LogP contribution in [0.15, 0.2) is 24.3 Å². The van der Waals surface area contributed by atoms with E-state index in [1.807, 2.05) is 0 Å². The van der Waals surface area contributed by atoms with E-state index < -0.39 is 5.97 Å². The second kappa shape index (κ2) is 8.78. The molecule has 0 aromatic heterocycles. The molecule has 0 heterocycles. The molecule has 0 spiro atoms. The highest BCUT2D eigenvalue weighted by atomic mass is 16.5. The van der Waals surface area contributed by atoms with Crippen LogP contribution in [0, 0.1) is 23.2 Å². The van der Waals surface area contributed by atoms with Crippen LogP contribution in [-0.4, -0.2) is 30.9 Å². The van der Waals surface area contributed by atoms with Crippen molar-refractivity contribution in [1.82, 2.24) is 10.6 Å². The molecule has 4 bridgehead atoms. The minimum atomic E-state index is -0.420. The van der Waals surface area contributed by atoms with Gasteiger partial charge in [-0.15, -0.1) is 0 Å². The van der Waals surface area contributed by atoms with E-state index in [4.69, 9.17) is 4.74 Å². The molecule has 1 aromatic carbocycles. The van der Waals surface area contributed by atoms with E-state index in [0.29, 0.717) is 37.2 Å². The van der Waals surface area contributed by atoms with Crippen molar-refractivity contribution < 1.29 is 19.1 Å². The molecular formula is C24H32N2O4. The number of amides is 2. The van der Waals surface area contributed by atoms with Crippen LogP contribution in [0.3, 0.4) is 0 Å². The Balaban J connectivity index is 1.16. The lowest BCUT2D eigenvalue weighted by Gasteiger charge is -2.56. The third kappa shape index (κ3) is 5.02. The second-order valence-corrected chi connectivity index (χ2v) is 9.68. The fourth-order valence-corrected chi connectivity index (χ4v) is 6.40. The number of carbonyl (C=O) groups excluding carboxylic acids is 3. The van der Waals surface area contributed by atoms with Gasteiger partial charge in [0.25, 0.3) is 5.91 Å². The Morgan fingerprint density at radius 3 is 2.27 bits per heavy atom. The fourth-order valence-electron chi connectivity index (χ4n) is 6.40. The number of esters is 1. The van der Waals surface area contributed by atoms with Gasteiger partial charge in [0, 0.05) is 32.0 Å². The fraction of sp³-hybridized carbons (Fsp3) is 0.625. The van der Waals surface area contributed by atoms with Gasteiger partial charge in [-0.05, 0) is 86.3 Å². The quantitative estimate of drug-likeness (QED) is 0.389. The van der Waals surface area contributed by atoms with Gasteiger partial charge in [0.15, 0.2) is 0 Å². The molecule has 0 atom stereocenters. The van der Waals surface area contributed by atoms with Gasteiger partial charge in [0.05, 0.1) is 0 Å². The van der Waals surface area contributed by atoms with Crippen LogP contribution in [0.2, 0.25) is 0 Å². The lowest BCUT2D eigenvalue weighted by atomic mass is 9.49. The van der Waals surface area contributed by atoms with Crippen LogP contribution in [0.4, 0.5) is 0 Å². The normalized spacial score (nSPS) is 28.8.